The molecule has 3 aliphatic rings. The number of methoxy groups -OCH3 is 1. The molecule has 1 amide bonds. The number of halogens is 1. The highest BCUT2D eigenvalue weighted by atomic mass is 79.9. The number of esters is 1. The Morgan fingerprint density at radius 1 is 0.951 bits per heavy atom. The van der Waals surface area contributed by atoms with Crippen LogP contribution in [-0.2, 0) is 30.3 Å². The van der Waals surface area contributed by atoms with Gasteiger partial charge < -0.3 is 44.5 Å². The predicted molar refractivity (Wildman–Crippen MR) is 227 cm³/mol. The zero-order valence-corrected chi connectivity index (χ0v) is 37.0. The molecule has 9 unspecified atom stereocenters. The van der Waals surface area contributed by atoms with Gasteiger partial charge in [0, 0.05) is 71.8 Å². The van der Waals surface area contributed by atoms with Gasteiger partial charge in [0.05, 0.1) is 47.3 Å². The van der Waals surface area contributed by atoms with Crippen LogP contribution in [0, 0.1) is 30.6 Å². The molecule has 5 bridgehead atoms. The van der Waals surface area contributed by atoms with Crippen molar-refractivity contribution in [2.75, 3.05) is 7.11 Å². The van der Waals surface area contributed by atoms with Gasteiger partial charge in [-0.2, -0.15) is 0 Å². The fraction of sp³-hybridized carbons (Fsp3) is 0.422. The summed E-state index contributed by atoms with van der Waals surface area (Å²) in [5.74, 6) is -9.29. The van der Waals surface area contributed by atoms with E-state index in [1.807, 2.05) is 0 Å². The summed E-state index contributed by atoms with van der Waals surface area (Å²) in [4.78, 5) is 44.6. The van der Waals surface area contributed by atoms with E-state index >= 15 is 0 Å². The predicted octanol–water partition coefficient (Wildman–Crippen LogP) is 5.35. The molecule has 16 heteroatoms. The van der Waals surface area contributed by atoms with Gasteiger partial charge in [-0.05, 0) is 37.6 Å². The van der Waals surface area contributed by atoms with Gasteiger partial charge in [0.25, 0.3) is 11.7 Å². The number of phenols is 3. The van der Waals surface area contributed by atoms with Crippen LogP contribution in [0.25, 0.3) is 17.0 Å². The van der Waals surface area contributed by atoms with Crippen LogP contribution in [-0.4, -0.2) is 90.8 Å². The molecule has 15 nitrogen and oxygen atoms in total. The molecule has 3 aliphatic heterocycles. The van der Waals surface area contributed by atoms with Crippen LogP contribution >= 0.6 is 15.9 Å². The normalized spacial score (nSPS) is 27.8. The minimum absolute atomic E-state index is 0.00712. The number of carbonyl (C=O) groups is 3. The number of ether oxygens (including phenoxy) is 4. The first kappa shape index (κ1) is 46.8. The lowest BCUT2D eigenvalue weighted by atomic mass is 9.78. The molecular formula is C45H53BrN2O13. The summed E-state index contributed by atoms with van der Waals surface area (Å²) in [5.41, 5.74) is 0.419. The van der Waals surface area contributed by atoms with Crippen LogP contribution < -0.4 is 15.3 Å². The minimum atomic E-state index is -2.11. The summed E-state index contributed by atoms with van der Waals surface area (Å²) in [6.45, 7) is 12.1. The highest BCUT2D eigenvalue weighted by molar-refractivity contribution is 9.10. The number of benzene rings is 3. The number of allylic oxidation sites excluding steroid dienone is 2. The number of hydrogen-bond donors (Lipinski definition) is 6. The number of phenolic OH excluding ortho intramolecular Hbond substituents is 3. The van der Waals surface area contributed by atoms with Crippen molar-refractivity contribution in [2.24, 2.45) is 28.7 Å². The van der Waals surface area contributed by atoms with Gasteiger partial charge in [-0.25, -0.2) is 4.99 Å². The summed E-state index contributed by atoms with van der Waals surface area (Å²) in [6.07, 6.45) is 4.24. The zero-order valence-electron chi connectivity index (χ0n) is 35.4. The number of Topliss-reactive ketones (excluding diaryl/α,β-unsaturated/α-hetero) is 1. The van der Waals surface area contributed by atoms with E-state index in [4.69, 9.17) is 18.9 Å². The SMILES string of the molecule is COC1C=COC2(C)Oc3c(C)c(O)c4c(O)c(c(=CN(O)Cc5ccc(Br)cc5)c(O)c4c3C2=O)=NC(=O)C(C)=CC=CC(C)C(O)C(C)C(O)C(C)C(OC(C)=O)C1C. The Hall–Kier alpha value is -5.26. The summed E-state index contributed by atoms with van der Waals surface area (Å²) in [5, 5.41) is 68.6. The summed E-state index contributed by atoms with van der Waals surface area (Å²) in [7, 11) is 1.42. The van der Waals surface area contributed by atoms with Crippen molar-refractivity contribution in [1.29, 1.82) is 0 Å². The average Bonchev–Trinajstić information content (AvgIpc) is 3.48. The molecule has 0 saturated carbocycles. The molecule has 0 aromatic heterocycles. The summed E-state index contributed by atoms with van der Waals surface area (Å²) >= 11 is 3.37. The number of nitrogens with zero attached hydrogens (tertiary/aromatic N) is 2. The molecule has 0 spiro atoms. The molecule has 6 rings (SSSR count). The van der Waals surface area contributed by atoms with E-state index in [1.165, 1.54) is 53.0 Å². The van der Waals surface area contributed by atoms with Crippen LogP contribution in [0.5, 0.6) is 23.0 Å². The van der Waals surface area contributed by atoms with E-state index in [0.29, 0.717) is 10.6 Å². The van der Waals surface area contributed by atoms with Crippen molar-refractivity contribution >= 4 is 50.6 Å². The lowest BCUT2D eigenvalue weighted by Gasteiger charge is -2.38. The first-order chi connectivity index (χ1) is 28.6. The number of carbonyl (C=O) groups excluding carboxylic acids is 3. The van der Waals surface area contributed by atoms with Crippen molar-refractivity contribution in [3.05, 3.63) is 92.1 Å². The van der Waals surface area contributed by atoms with E-state index in [1.54, 1.807) is 58.0 Å². The lowest BCUT2D eigenvalue weighted by Crippen LogP contribution is -2.46. The number of hydroxylamine groups is 2. The number of aliphatic hydroxyl groups excluding tert-OH is 2. The second kappa shape index (κ2) is 18.8. The smallest absolute Gasteiger partial charge is 0.312 e. The van der Waals surface area contributed by atoms with Crippen LogP contribution in [0.1, 0.15) is 70.0 Å². The maximum absolute atomic E-state index is 14.4. The van der Waals surface area contributed by atoms with Crippen molar-refractivity contribution in [3.8, 4) is 23.0 Å². The lowest BCUT2D eigenvalue weighted by molar-refractivity contribution is -0.160. The molecule has 0 fully saturated rings. The largest absolute Gasteiger partial charge is 0.507 e. The van der Waals surface area contributed by atoms with Gasteiger partial charge in [0.15, 0.2) is 5.75 Å². The Morgan fingerprint density at radius 3 is 2.23 bits per heavy atom. The zero-order chi connectivity index (χ0) is 45.2. The minimum Gasteiger partial charge on any atom is -0.507 e. The molecular weight excluding hydrogens is 856 g/mol. The van der Waals surface area contributed by atoms with Crippen LogP contribution in [0.3, 0.4) is 0 Å². The number of amides is 1. The third-order valence-electron chi connectivity index (χ3n) is 11.5. The Bertz CT molecular complexity index is 2410. The van der Waals surface area contributed by atoms with Crippen molar-refractivity contribution in [3.63, 3.8) is 0 Å². The number of rotatable bonds is 5. The van der Waals surface area contributed by atoms with Gasteiger partial charge in [0.1, 0.15) is 28.7 Å². The van der Waals surface area contributed by atoms with Gasteiger partial charge in [0.2, 0.25) is 0 Å². The van der Waals surface area contributed by atoms with E-state index in [9.17, 15) is 45.1 Å². The topological polar surface area (TPSA) is 225 Å². The quantitative estimate of drug-likeness (QED) is 0.108. The van der Waals surface area contributed by atoms with Crippen LogP contribution in [0.4, 0.5) is 0 Å². The Labute approximate surface area is 361 Å². The maximum atomic E-state index is 14.4. The number of ketones is 1. The van der Waals surface area contributed by atoms with E-state index in [-0.39, 0.29) is 39.6 Å². The molecule has 3 heterocycles. The Balaban J connectivity index is 1.77. The van der Waals surface area contributed by atoms with Crippen LogP contribution in [0.15, 0.2) is 69.9 Å². The molecule has 0 radical (unpaired) electrons. The van der Waals surface area contributed by atoms with Gasteiger partial charge in [-0.1, -0.05) is 74.0 Å². The molecule has 0 aliphatic carbocycles. The molecule has 61 heavy (non-hydrogen) atoms. The fourth-order valence-electron chi connectivity index (χ4n) is 7.79. The number of fused-ring (bicyclic) bond motifs is 14. The Kier molecular flexibility index (Phi) is 14.4. The van der Waals surface area contributed by atoms with Crippen molar-refractivity contribution in [2.45, 2.75) is 92.1 Å². The second-order valence-electron chi connectivity index (χ2n) is 15.9. The van der Waals surface area contributed by atoms with Crippen molar-refractivity contribution in [1.82, 2.24) is 5.06 Å². The number of aliphatic hydroxyl groups is 2. The summed E-state index contributed by atoms with van der Waals surface area (Å²) < 4.78 is 24.3. The highest BCUT2D eigenvalue weighted by Crippen LogP contribution is 2.50. The molecule has 9 atom stereocenters. The maximum Gasteiger partial charge on any atom is 0.312 e. The van der Waals surface area contributed by atoms with Crippen LogP contribution in [0.2, 0.25) is 0 Å². The number of hydrogen-bond acceptors (Lipinski definition) is 14. The molecule has 0 saturated heterocycles. The first-order valence-electron chi connectivity index (χ1n) is 19.7. The number of aromatic hydroxyl groups is 3. The molecule has 6 N–H and O–H groups in total. The average molecular weight is 910 g/mol. The third-order valence-corrected chi connectivity index (χ3v) is 12.0. The third kappa shape index (κ3) is 9.48. The van der Waals surface area contributed by atoms with Gasteiger partial charge >= 0.3 is 11.8 Å². The highest BCUT2D eigenvalue weighted by Gasteiger charge is 2.49. The van der Waals surface area contributed by atoms with E-state index < -0.39 is 99.5 Å². The molecule has 3 aromatic rings. The second-order valence-corrected chi connectivity index (χ2v) is 16.8. The monoisotopic (exact) mass is 908 g/mol. The van der Waals surface area contributed by atoms with Gasteiger partial charge in [-0.3, -0.25) is 24.7 Å². The molecule has 3 aromatic carbocycles. The van der Waals surface area contributed by atoms with Crippen molar-refractivity contribution < 1.29 is 64.1 Å². The van der Waals surface area contributed by atoms with E-state index in [2.05, 4.69) is 20.9 Å². The molecule has 328 valence electrons. The fourth-order valence-corrected chi connectivity index (χ4v) is 8.05. The standard InChI is InChI=1S/C45H53BrN2O13/c1-21-11-10-12-22(2)44(56)47-35-30(20-48(57)19-28-13-15-29(46)16-14-28)39(53)32-33(40(35)54)38(52)26(6)42-34(32)43(55)45(8,61-42)59-18-17-31(58-9)23(3)41(60-27(7)49)25(5)37(51)24(4)36(21)50/h10-18,20-21,23-25,31,36-37,41,50-54,57H,19H2,1-9H3. The van der Waals surface area contributed by atoms with E-state index in [0.717, 1.165) is 16.9 Å². The first-order valence-corrected chi connectivity index (χ1v) is 20.5. The van der Waals surface area contributed by atoms with Gasteiger partial charge in [-0.15, -0.1) is 0 Å². The Morgan fingerprint density at radius 2 is 1.61 bits per heavy atom. The summed E-state index contributed by atoms with van der Waals surface area (Å²) in [6, 6.07) is 6.99.